The lowest BCUT2D eigenvalue weighted by Crippen LogP contribution is -2.09. The number of pyridine rings is 1. The van der Waals surface area contributed by atoms with Gasteiger partial charge in [-0.3, -0.25) is 9.78 Å². The summed E-state index contributed by atoms with van der Waals surface area (Å²) in [7, 11) is 1.22. The first-order chi connectivity index (χ1) is 8.01. The van der Waals surface area contributed by atoms with Crippen LogP contribution in [0.2, 0.25) is 5.02 Å². The second-order valence-corrected chi connectivity index (χ2v) is 4.08. The standard InChI is InChI=1S/C10H9BrClF2NO2/c1-17-8(16)2-5-7(3-11)15-4-6(9(5)12)10(13)14/h4,10H,2-3H2,1H3. The number of hydrogen-bond donors (Lipinski definition) is 0. The number of methoxy groups -OCH3 is 1. The van der Waals surface area contributed by atoms with Crippen LogP contribution < -0.4 is 0 Å². The molecular formula is C10H9BrClF2NO2. The largest absolute Gasteiger partial charge is 0.469 e. The minimum atomic E-state index is -2.73. The number of alkyl halides is 3. The van der Waals surface area contributed by atoms with Gasteiger partial charge in [0.25, 0.3) is 6.43 Å². The topological polar surface area (TPSA) is 39.2 Å². The molecule has 0 saturated carbocycles. The predicted molar refractivity (Wildman–Crippen MR) is 62.6 cm³/mol. The Kier molecular flexibility index (Phi) is 5.27. The molecule has 0 radical (unpaired) electrons. The lowest BCUT2D eigenvalue weighted by Gasteiger charge is -2.11. The van der Waals surface area contributed by atoms with E-state index in [2.05, 4.69) is 25.7 Å². The molecule has 0 N–H and O–H groups in total. The zero-order valence-corrected chi connectivity index (χ0v) is 11.2. The molecule has 0 spiro atoms. The van der Waals surface area contributed by atoms with Crippen molar-refractivity contribution >= 4 is 33.5 Å². The van der Waals surface area contributed by atoms with E-state index in [9.17, 15) is 13.6 Å². The number of carbonyl (C=O) groups is 1. The summed E-state index contributed by atoms with van der Waals surface area (Å²) in [6.45, 7) is 0. The highest BCUT2D eigenvalue weighted by atomic mass is 79.9. The SMILES string of the molecule is COC(=O)Cc1c(CBr)ncc(C(F)F)c1Cl. The molecule has 0 atom stereocenters. The van der Waals surface area contributed by atoms with Crippen LogP contribution in [0.5, 0.6) is 0 Å². The Morgan fingerprint density at radius 1 is 1.65 bits per heavy atom. The van der Waals surface area contributed by atoms with Crippen molar-refractivity contribution in [2.75, 3.05) is 7.11 Å². The Morgan fingerprint density at radius 3 is 2.76 bits per heavy atom. The lowest BCUT2D eigenvalue weighted by molar-refractivity contribution is -0.139. The Hall–Kier alpha value is -0.750. The number of hydrogen-bond acceptors (Lipinski definition) is 3. The first-order valence-electron chi connectivity index (χ1n) is 4.58. The fourth-order valence-corrected chi connectivity index (χ4v) is 2.04. The molecule has 0 unspecified atom stereocenters. The third kappa shape index (κ3) is 3.35. The normalized spacial score (nSPS) is 10.7. The minimum absolute atomic E-state index is 0.130. The van der Waals surface area contributed by atoms with Gasteiger partial charge in [0.1, 0.15) is 0 Å². The summed E-state index contributed by atoms with van der Waals surface area (Å²) in [6.07, 6.45) is -1.88. The number of esters is 1. The molecule has 0 aliphatic carbocycles. The molecule has 94 valence electrons. The Morgan fingerprint density at radius 2 is 2.29 bits per heavy atom. The van der Waals surface area contributed by atoms with Gasteiger partial charge in [-0.05, 0) is 0 Å². The summed E-state index contributed by atoms with van der Waals surface area (Å²) < 4.78 is 29.7. The lowest BCUT2D eigenvalue weighted by atomic mass is 10.1. The second-order valence-electron chi connectivity index (χ2n) is 3.14. The molecule has 0 aliphatic rings. The molecule has 17 heavy (non-hydrogen) atoms. The average molecular weight is 329 g/mol. The third-order valence-corrected chi connectivity index (χ3v) is 3.11. The summed E-state index contributed by atoms with van der Waals surface area (Å²) >= 11 is 9.00. The quantitative estimate of drug-likeness (QED) is 0.629. The Balaban J connectivity index is 3.22. The maximum absolute atomic E-state index is 12.6. The van der Waals surface area contributed by atoms with Crippen LogP contribution in [0.4, 0.5) is 8.78 Å². The van der Waals surface area contributed by atoms with E-state index in [1.807, 2.05) is 0 Å². The Bertz CT molecular complexity index is 429. The fourth-order valence-electron chi connectivity index (χ4n) is 1.25. The molecule has 1 aromatic heterocycles. The maximum Gasteiger partial charge on any atom is 0.310 e. The zero-order chi connectivity index (χ0) is 13.0. The molecule has 7 heteroatoms. The second kappa shape index (κ2) is 6.26. The van der Waals surface area contributed by atoms with E-state index in [1.165, 1.54) is 7.11 Å². The zero-order valence-electron chi connectivity index (χ0n) is 8.84. The summed E-state index contributed by atoms with van der Waals surface area (Å²) in [6, 6.07) is 0. The highest BCUT2D eigenvalue weighted by Gasteiger charge is 2.20. The molecule has 1 aromatic rings. The highest BCUT2D eigenvalue weighted by Crippen LogP contribution is 2.31. The number of rotatable bonds is 4. The van der Waals surface area contributed by atoms with Crippen molar-refractivity contribution in [3.05, 3.63) is 28.0 Å². The molecule has 0 aromatic carbocycles. The first-order valence-corrected chi connectivity index (χ1v) is 6.08. The van der Waals surface area contributed by atoms with E-state index in [-0.39, 0.29) is 22.6 Å². The van der Waals surface area contributed by atoms with Gasteiger partial charge in [-0.2, -0.15) is 0 Å². The van der Waals surface area contributed by atoms with Crippen LogP contribution in [0.25, 0.3) is 0 Å². The van der Waals surface area contributed by atoms with Crippen LogP contribution in [0, 0.1) is 0 Å². The summed E-state index contributed by atoms with van der Waals surface area (Å²) in [4.78, 5) is 15.0. The van der Waals surface area contributed by atoms with Crippen molar-refractivity contribution in [1.82, 2.24) is 4.98 Å². The number of aromatic nitrogens is 1. The molecule has 1 rings (SSSR count). The maximum atomic E-state index is 12.6. The van der Waals surface area contributed by atoms with Crippen LogP contribution in [0.1, 0.15) is 23.2 Å². The van der Waals surface area contributed by atoms with Crippen molar-refractivity contribution in [3.8, 4) is 0 Å². The van der Waals surface area contributed by atoms with E-state index < -0.39 is 12.4 Å². The van der Waals surface area contributed by atoms with Crippen LogP contribution in [-0.2, 0) is 21.3 Å². The van der Waals surface area contributed by atoms with Gasteiger partial charge >= 0.3 is 5.97 Å². The van der Waals surface area contributed by atoms with Crippen LogP contribution in [0.3, 0.4) is 0 Å². The van der Waals surface area contributed by atoms with E-state index in [1.54, 1.807) is 0 Å². The number of nitrogens with zero attached hydrogens (tertiary/aromatic N) is 1. The summed E-state index contributed by atoms with van der Waals surface area (Å²) in [5.41, 5.74) is 0.341. The van der Waals surface area contributed by atoms with Crippen molar-refractivity contribution in [1.29, 1.82) is 0 Å². The summed E-state index contributed by atoms with van der Waals surface area (Å²) in [5, 5.41) is 0.192. The average Bonchev–Trinajstić information content (AvgIpc) is 2.30. The van der Waals surface area contributed by atoms with Crippen molar-refractivity contribution in [3.63, 3.8) is 0 Å². The van der Waals surface area contributed by atoms with Crippen molar-refractivity contribution in [2.45, 2.75) is 18.2 Å². The molecule has 0 fully saturated rings. The molecule has 0 aliphatic heterocycles. The smallest absolute Gasteiger partial charge is 0.310 e. The van der Waals surface area contributed by atoms with Gasteiger partial charge in [0.2, 0.25) is 0 Å². The molecule has 1 heterocycles. The van der Waals surface area contributed by atoms with Gasteiger partial charge in [-0.15, -0.1) is 0 Å². The molecule has 3 nitrogen and oxygen atoms in total. The van der Waals surface area contributed by atoms with Crippen LogP contribution >= 0.6 is 27.5 Å². The molecule has 0 amide bonds. The highest BCUT2D eigenvalue weighted by molar-refractivity contribution is 9.08. The molecular weight excluding hydrogens is 319 g/mol. The fraction of sp³-hybridized carbons (Fsp3) is 0.400. The first kappa shape index (κ1) is 14.3. The summed E-state index contributed by atoms with van der Waals surface area (Å²) in [5.74, 6) is -0.553. The number of halogens is 4. The van der Waals surface area contributed by atoms with Gasteiger partial charge in [-0.1, -0.05) is 27.5 Å². The van der Waals surface area contributed by atoms with Crippen LogP contribution in [-0.4, -0.2) is 18.1 Å². The van der Waals surface area contributed by atoms with Gasteiger partial charge in [0.05, 0.1) is 29.8 Å². The predicted octanol–water partition coefficient (Wildman–Crippen LogP) is 3.28. The van der Waals surface area contributed by atoms with Crippen LogP contribution in [0.15, 0.2) is 6.20 Å². The number of ether oxygens (including phenoxy) is 1. The minimum Gasteiger partial charge on any atom is -0.469 e. The van der Waals surface area contributed by atoms with E-state index in [0.29, 0.717) is 11.0 Å². The van der Waals surface area contributed by atoms with E-state index in [4.69, 9.17) is 11.6 Å². The van der Waals surface area contributed by atoms with Gasteiger partial charge in [-0.25, -0.2) is 8.78 Å². The Labute approximate surface area is 110 Å². The number of carbonyl (C=O) groups excluding carboxylic acids is 1. The molecule has 0 bridgehead atoms. The molecule has 0 saturated heterocycles. The van der Waals surface area contributed by atoms with Crippen molar-refractivity contribution < 1.29 is 18.3 Å². The van der Waals surface area contributed by atoms with E-state index in [0.717, 1.165) is 6.20 Å². The van der Waals surface area contributed by atoms with Crippen molar-refractivity contribution in [2.24, 2.45) is 0 Å². The van der Waals surface area contributed by atoms with Gasteiger partial charge in [0.15, 0.2) is 0 Å². The van der Waals surface area contributed by atoms with E-state index >= 15 is 0 Å². The monoisotopic (exact) mass is 327 g/mol. The van der Waals surface area contributed by atoms with Gasteiger partial charge < -0.3 is 4.74 Å². The van der Waals surface area contributed by atoms with Gasteiger partial charge in [0, 0.05) is 17.1 Å². The third-order valence-electron chi connectivity index (χ3n) is 2.14.